The molecule has 1 saturated carbocycles. The molecule has 2 heterocycles. The van der Waals surface area contributed by atoms with E-state index in [-0.39, 0.29) is 0 Å². The number of sulfone groups is 1. The lowest BCUT2D eigenvalue weighted by Crippen LogP contribution is -2.49. The Labute approximate surface area is 148 Å². The number of nitrogens with zero attached hydrogens (tertiary/aromatic N) is 3. The molecule has 0 amide bonds. The zero-order chi connectivity index (χ0) is 16.8. The van der Waals surface area contributed by atoms with Gasteiger partial charge in [-0.15, -0.1) is 0 Å². The van der Waals surface area contributed by atoms with Gasteiger partial charge < -0.3 is 9.80 Å². The van der Waals surface area contributed by atoms with Crippen molar-refractivity contribution in [1.82, 2.24) is 14.7 Å². The second-order valence-corrected chi connectivity index (χ2v) is 10.2. The van der Waals surface area contributed by atoms with E-state index in [0.29, 0.717) is 11.5 Å². The molecule has 2 aliphatic heterocycles. The first-order chi connectivity index (χ1) is 11.6. The molecule has 5 nitrogen and oxygen atoms in total. The number of likely N-dealkylation sites (tertiary alicyclic amines) is 1. The normalized spacial score (nSPS) is 27.0. The molecule has 0 aromatic heterocycles. The molecule has 0 atom stereocenters. The van der Waals surface area contributed by atoms with Gasteiger partial charge in [-0.1, -0.05) is 19.3 Å². The van der Waals surface area contributed by atoms with Crippen LogP contribution < -0.4 is 0 Å². The molecule has 0 aromatic rings. The van der Waals surface area contributed by atoms with Crippen LogP contribution in [0.15, 0.2) is 0 Å². The first kappa shape index (κ1) is 18.6. The average Bonchev–Trinajstić information content (AvgIpc) is 2.78. The van der Waals surface area contributed by atoms with Crippen LogP contribution in [0.5, 0.6) is 0 Å². The third-order valence-corrected chi connectivity index (χ3v) is 7.74. The second kappa shape index (κ2) is 8.97. The fraction of sp³-hybridized carbons (Fsp3) is 1.00. The van der Waals surface area contributed by atoms with Crippen molar-refractivity contribution in [1.29, 1.82) is 0 Å². The predicted molar refractivity (Wildman–Crippen MR) is 99.2 cm³/mol. The van der Waals surface area contributed by atoms with Crippen molar-refractivity contribution in [3.63, 3.8) is 0 Å². The fourth-order valence-corrected chi connectivity index (χ4v) is 5.38. The minimum atomic E-state index is -2.75. The smallest absolute Gasteiger partial charge is 0.152 e. The molecule has 3 rings (SSSR count). The molecule has 24 heavy (non-hydrogen) atoms. The van der Waals surface area contributed by atoms with Gasteiger partial charge in [0.1, 0.15) is 0 Å². The van der Waals surface area contributed by atoms with Crippen LogP contribution in [0.3, 0.4) is 0 Å². The SMILES string of the molecule is O=S1(=O)CCN(CCN(CCN2CCCCCC2)C2CCC2)CC1. The molecular formula is C18H35N3O2S. The Morgan fingerprint density at radius 1 is 0.750 bits per heavy atom. The highest BCUT2D eigenvalue weighted by atomic mass is 32.2. The van der Waals surface area contributed by atoms with Crippen molar-refractivity contribution in [3.8, 4) is 0 Å². The zero-order valence-electron chi connectivity index (χ0n) is 15.2. The Hall–Kier alpha value is -0.170. The highest BCUT2D eigenvalue weighted by Gasteiger charge is 2.27. The zero-order valence-corrected chi connectivity index (χ0v) is 16.0. The van der Waals surface area contributed by atoms with Gasteiger partial charge in [0.25, 0.3) is 0 Å². The maximum Gasteiger partial charge on any atom is 0.152 e. The van der Waals surface area contributed by atoms with Crippen LogP contribution in [0.1, 0.15) is 44.9 Å². The van der Waals surface area contributed by atoms with Crippen LogP contribution in [0.2, 0.25) is 0 Å². The van der Waals surface area contributed by atoms with Crippen molar-refractivity contribution in [2.75, 3.05) is 63.9 Å². The Morgan fingerprint density at radius 2 is 1.29 bits per heavy atom. The highest BCUT2D eigenvalue weighted by Crippen LogP contribution is 2.24. The summed E-state index contributed by atoms with van der Waals surface area (Å²) >= 11 is 0. The molecule has 0 aromatic carbocycles. The standard InChI is InChI=1S/C18H35N3O2S/c22-24(23)16-14-20(15-17-24)11-13-21(18-6-5-7-18)12-10-19-8-3-1-2-4-9-19/h18H,1-17H2. The van der Waals surface area contributed by atoms with Crippen molar-refractivity contribution in [3.05, 3.63) is 0 Å². The van der Waals surface area contributed by atoms with Gasteiger partial charge in [-0.3, -0.25) is 4.90 Å². The van der Waals surface area contributed by atoms with Gasteiger partial charge in [0, 0.05) is 45.3 Å². The molecule has 0 N–H and O–H groups in total. The lowest BCUT2D eigenvalue weighted by Gasteiger charge is -2.40. The molecular weight excluding hydrogens is 322 g/mol. The van der Waals surface area contributed by atoms with E-state index in [9.17, 15) is 8.42 Å². The van der Waals surface area contributed by atoms with Gasteiger partial charge >= 0.3 is 0 Å². The number of hydrogen-bond acceptors (Lipinski definition) is 5. The van der Waals surface area contributed by atoms with Crippen LogP contribution in [0, 0.1) is 0 Å². The van der Waals surface area contributed by atoms with Crippen LogP contribution in [0.25, 0.3) is 0 Å². The topological polar surface area (TPSA) is 43.9 Å². The molecule has 3 fully saturated rings. The molecule has 6 heteroatoms. The van der Waals surface area contributed by atoms with E-state index in [2.05, 4.69) is 14.7 Å². The van der Waals surface area contributed by atoms with Crippen LogP contribution >= 0.6 is 0 Å². The Bertz CT molecular complexity index is 457. The van der Waals surface area contributed by atoms with Crippen molar-refractivity contribution in [2.24, 2.45) is 0 Å². The molecule has 2 saturated heterocycles. The Kier molecular flexibility index (Phi) is 6.96. The van der Waals surface area contributed by atoms with Crippen LogP contribution in [0.4, 0.5) is 0 Å². The van der Waals surface area contributed by atoms with Gasteiger partial charge in [-0.25, -0.2) is 8.42 Å². The van der Waals surface area contributed by atoms with E-state index < -0.39 is 9.84 Å². The summed E-state index contributed by atoms with van der Waals surface area (Å²) in [4.78, 5) is 7.70. The fourth-order valence-electron chi connectivity index (χ4n) is 4.10. The summed E-state index contributed by atoms with van der Waals surface area (Å²) in [5, 5.41) is 0. The summed E-state index contributed by atoms with van der Waals surface area (Å²) in [7, 11) is -2.75. The van der Waals surface area contributed by atoms with E-state index in [1.807, 2.05) is 0 Å². The van der Waals surface area contributed by atoms with E-state index in [0.717, 1.165) is 32.2 Å². The molecule has 0 spiro atoms. The van der Waals surface area contributed by atoms with E-state index in [1.54, 1.807) is 0 Å². The maximum atomic E-state index is 11.6. The number of rotatable bonds is 7. The number of hydrogen-bond donors (Lipinski definition) is 0. The third kappa shape index (κ3) is 5.68. The lowest BCUT2D eigenvalue weighted by molar-refractivity contribution is 0.0963. The second-order valence-electron chi connectivity index (χ2n) is 7.87. The summed E-state index contributed by atoms with van der Waals surface area (Å²) in [5.41, 5.74) is 0. The van der Waals surface area contributed by atoms with Gasteiger partial charge in [-0.05, 0) is 38.8 Å². The largest absolute Gasteiger partial charge is 0.302 e. The quantitative estimate of drug-likeness (QED) is 0.690. The van der Waals surface area contributed by atoms with Gasteiger partial charge in [-0.2, -0.15) is 0 Å². The molecule has 1 aliphatic carbocycles. The first-order valence-corrected chi connectivity index (χ1v) is 11.8. The molecule has 0 unspecified atom stereocenters. The Morgan fingerprint density at radius 3 is 1.79 bits per heavy atom. The summed E-state index contributed by atoms with van der Waals surface area (Å²) in [6.45, 7) is 8.57. The highest BCUT2D eigenvalue weighted by molar-refractivity contribution is 7.91. The first-order valence-electron chi connectivity index (χ1n) is 10.0. The summed E-state index contributed by atoms with van der Waals surface area (Å²) in [5.74, 6) is 0.703. The van der Waals surface area contributed by atoms with Crippen LogP contribution in [-0.2, 0) is 9.84 Å². The predicted octanol–water partition coefficient (Wildman–Crippen LogP) is 1.45. The summed E-state index contributed by atoms with van der Waals surface area (Å²) < 4.78 is 23.1. The van der Waals surface area contributed by atoms with Crippen LogP contribution in [-0.4, -0.2) is 93.0 Å². The van der Waals surface area contributed by atoms with Crippen molar-refractivity contribution >= 4 is 9.84 Å². The summed E-state index contributed by atoms with van der Waals surface area (Å²) in [6, 6.07) is 0.783. The molecule has 140 valence electrons. The summed E-state index contributed by atoms with van der Waals surface area (Å²) in [6.07, 6.45) is 9.63. The van der Waals surface area contributed by atoms with E-state index in [1.165, 1.54) is 71.1 Å². The molecule has 3 aliphatic rings. The van der Waals surface area contributed by atoms with E-state index >= 15 is 0 Å². The molecule has 0 bridgehead atoms. The van der Waals surface area contributed by atoms with Crippen molar-refractivity contribution < 1.29 is 8.42 Å². The average molecular weight is 358 g/mol. The Balaban J connectivity index is 1.42. The lowest BCUT2D eigenvalue weighted by atomic mass is 9.91. The molecule has 0 radical (unpaired) electrons. The minimum absolute atomic E-state index is 0.351. The van der Waals surface area contributed by atoms with Crippen molar-refractivity contribution in [2.45, 2.75) is 51.0 Å². The van der Waals surface area contributed by atoms with E-state index in [4.69, 9.17) is 0 Å². The third-order valence-electron chi connectivity index (χ3n) is 6.13. The monoisotopic (exact) mass is 357 g/mol. The minimum Gasteiger partial charge on any atom is -0.302 e. The van der Waals surface area contributed by atoms with Gasteiger partial charge in [0.15, 0.2) is 9.84 Å². The van der Waals surface area contributed by atoms with Gasteiger partial charge in [0.2, 0.25) is 0 Å². The maximum absolute atomic E-state index is 11.6. The van der Waals surface area contributed by atoms with Gasteiger partial charge in [0.05, 0.1) is 11.5 Å².